The van der Waals surface area contributed by atoms with Gasteiger partial charge in [-0.25, -0.2) is 8.42 Å². The average Bonchev–Trinajstić information content (AvgIpc) is 2.59. The molecule has 1 rings (SSSR count). The van der Waals surface area contributed by atoms with E-state index in [1.54, 1.807) is 6.07 Å². The van der Waals surface area contributed by atoms with Gasteiger partial charge in [0, 0.05) is 12.8 Å². The first-order chi connectivity index (χ1) is 7.38. The van der Waals surface area contributed by atoms with Crippen LogP contribution in [0.5, 0.6) is 0 Å². The van der Waals surface area contributed by atoms with E-state index in [0.29, 0.717) is 18.8 Å². The molecule has 0 bridgehead atoms. The van der Waals surface area contributed by atoms with Gasteiger partial charge in [0.25, 0.3) is 0 Å². The molecule has 0 aliphatic carbocycles. The minimum Gasteiger partial charge on any atom is -0.468 e. The van der Waals surface area contributed by atoms with Crippen LogP contribution in [0, 0.1) is 0 Å². The van der Waals surface area contributed by atoms with Crippen molar-refractivity contribution in [2.45, 2.75) is 6.54 Å². The summed E-state index contributed by atoms with van der Waals surface area (Å²) in [6, 6.07) is 3.06. The molecule has 0 aromatic carbocycles. The molecule has 0 aliphatic heterocycles. The standard InChI is InChI=1S/C8H14BNO5S/c1-16(13,14)5-4-10-6-7-2-3-8(15-7)9(11)12/h2-3,10-12H,4-6H2,1H3. The number of nitrogens with one attached hydrogen (secondary N) is 1. The molecular formula is C8H14BNO5S. The van der Waals surface area contributed by atoms with Crippen molar-refractivity contribution in [3.05, 3.63) is 17.9 Å². The number of furan rings is 1. The summed E-state index contributed by atoms with van der Waals surface area (Å²) < 4.78 is 26.7. The summed E-state index contributed by atoms with van der Waals surface area (Å²) in [4.78, 5) is 0. The molecule has 0 unspecified atom stereocenters. The van der Waals surface area contributed by atoms with Gasteiger partial charge in [-0.3, -0.25) is 0 Å². The minimum absolute atomic E-state index is 0.0587. The monoisotopic (exact) mass is 247 g/mol. The summed E-state index contributed by atoms with van der Waals surface area (Å²) in [6.45, 7) is 0.679. The van der Waals surface area contributed by atoms with E-state index in [9.17, 15) is 8.42 Å². The molecule has 90 valence electrons. The molecular weight excluding hydrogens is 233 g/mol. The molecule has 1 aromatic rings. The smallest absolute Gasteiger partial charge is 0.468 e. The maximum atomic E-state index is 10.8. The van der Waals surface area contributed by atoms with Crippen molar-refractivity contribution in [2.75, 3.05) is 18.6 Å². The van der Waals surface area contributed by atoms with Crippen molar-refractivity contribution in [1.82, 2.24) is 5.32 Å². The molecule has 0 aliphatic rings. The van der Waals surface area contributed by atoms with Gasteiger partial charge in [-0.15, -0.1) is 0 Å². The van der Waals surface area contributed by atoms with Crippen LogP contribution in [-0.4, -0.2) is 44.1 Å². The van der Waals surface area contributed by atoms with E-state index in [1.165, 1.54) is 12.3 Å². The summed E-state index contributed by atoms with van der Waals surface area (Å²) in [6.07, 6.45) is 1.17. The van der Waals surface area contributed by atoms with Crippen LogP contribution in [0.1, 0.15) is 5.76 Å². The predicted molar refractivity (Wildman–Crippen MR) is 60.0 cm³/mol. The van der Waals surface area contributed by atoms with Gasteiger partial charge in [0.15, 0.2) is 0 Å². The summed E-state index contributed by atoms with van der Waals surface area (Å²) in [7, 11) is -4.58. The third-order valence-electron chi connectivity index (χ3n) is 1.89. The Morgan fingerprint density at radius 2 is 2.12 bits per heavy atom. The van der Waals surface area contributed by atoms with Gasteiger partial charge in [-0.05, 0) is 12.1 Å². The van der Waals surface area contributed by atoms with Crippen molar-refractivity contribution in [1.29, 1.82) is 0 Å². The minimum atomic E-state index is -2.96. The first kappa shape index (κ1) is 13.2. The molecule has 0 spiro atoms. The molecule has 0 radical (unpaired) electrons. The van der Waals surface area contributed by atoms with Crippen molar-refractivity contribution in [2.24, 2.45) is 0 Å². The van der Waals surface area contributed by atoms with Gasteiger partial charge in [0.05, 0.1) is 12.3 Å². The summed E-state index contributed by atoms with van der Waals surface area (Å²) in [5, 5.41) is 20.4. The van der Waals surface area contributed by atoms with E-state index >= 15 is 0 Å². The Balaban J connectivity index is 2.32. The van der Waals surface area contributed by atoms with Crippen molar-refractivity contribution in [3.63, 3.8) is 0 Å². The third-order valence-corrected chi connectivity index (χ3v) is 2.83. The van der Waals surface area contributed by atoms with Gasteiger partial charge in [-0.2, -0.15) is 0 Å². The first-order valence-corrected chi connectivity index (χ1v) is 6.78. The number of sulfone groups is 1. The number of rotatable bonds is 6. The first-order valence-electron chi connectivity index (χ1n) is 4.71. The second kappa shape index (κ2) is 5.49. The summed E-state index contributed by atoms with van der Waals surface area (Å²) >= 11 is 0. The van der Waals surface area contributed by atoms with Crippen LogP contribution in [0.25, 0.3) is 0 Å². The number of hydrogen-bond donors (Lipinski definition) is 3. The average molecular weight is 247 g/mol. The molecule has 8 heteroatoms. The zero-order valence-corrected chi connectivity index (χ0v) is 9.70. The fraction of sp³-hybridized carbons (Fsp3) is 0.500. The van der Waals surface area contributed by atoms with E-state index in [0.717, 1.165) is 0 Å². The Bertz CT molecular complexity index is 427. The molecule has 1 aromatic heterocycles. The van der Waals surface area contributed by atoms with Crippen LogP contribution >= 0.6 is 0 Å². The fourth-order valence-electron chi connectivity index (χ4n) is 1.10. The van der Waals surface area contributed by atoms with Crippen LogP contribution in [0.3, 0.4) is 0 Å². The Hall–Kier alpha value is -0.825. The van der Waals surface area contributed by atoms with Gasteiger partial charge < -0.3 is 19.8 Å². The van der Waals surface area contributed by atoms with Crippen molar-refractivity contribution in [3.8, 4) is 0 Å². The lowest BCUT2D eigenvalue weighted by Gasteiger charge is -2.01. The zero-order chi connectivity index (χ0) is 12.2. The van der Waals surface area contributed by atoms with Crippen molar-refractivity contribution >= 4 is 22.6 Å². The normalized spacial score (nSPS) is 11.7. The Kier molecular flexibility index (Phi) is 4.54. The quantitative estimate of drug-likeness (QED) is 0.401. The lowest BCUT2D eigenvalue weighted by Crippen LogP contribution is -2.28. The van der Waals surface area contributed by atoms with E-state index in [1.807, 2.05) is 0 Å². The van der Waals surface area contributed by atoms with Crippen molar-refractivity contribution < 1.29 is 22.9 Å². The van der Waals surface area contributed by atoms with Crippen LogP contribution in [0.15, 0.2) is 16.5 Å². The van der Waals surface area contributed by atoms with Gasteiger partial charge in [0.2, 0.25) is 0 Å². The SMILES string of the molecule is CS(=O)(=O)CCNCc1ccc(B(O)O)o1. The molecule has 0 atom stereocenters. The van der Waals surface area contributed by atoms with E-state index in [4.69, 9.17) is 14.5 Å². The number of hydrogen-bond acceptors (Lipinski definition) is 6. The highest BCUT2D eigenvalue weighted by Crippen LogP contribution is 1.97. The van der Waals surface area contributed by atoms with Gasteiger partial charge >= 0.3 is 7.12 Å². The molecule has 0 saturated carbocycles. The van der Waals surface area contributed by atoms with E-state index in [2.05, 4.69) is 5.32 Å². The van der Waals surface area contributed by atoms with Crippen LogP contribution in [-0.2, 0) is 16.4 Å². The van der Waals surface area contributed by atoms with Gasteiger partial charge in [0.1, 0.15) is 21.3 Å². The van der Waals surface area contributed by atoms with E-state index in [-0.39, 0.29) is 11.4 Å². The third kappa shape index (κ3) is 4.80. The van der Waals surface area contributed by atoms with Gasteiger partial charge in [-0.1, -0.05) is 0 Å². The van der Waals surface area contributed by atoms with E-state index < -0.39 is 17.0 Å². The van der Waals surface area contributed by atoms with Crippen LogP contribution < -0.4 is 11.0 Å². The highest BCUT2D eigenvalue weighted by molar-refractivity contribution is 7.90. The zero-order valence-electron chi connectivity index (χ0n) is 8.88. The topological polar surface area (TPSA) is 99.8 Å². The fourth-order valence-corrected chi connectivity index (χ4v) is 1.61. The molecule has 16 heavy (non-hydrogen) atoms. The second-order valence-corrected chi connectivity index (χ2v) is 5.74. The molecule has 0 fully saturated rings. The largest absolute Gasteiger partial charge is 0.526 e. The second-order valence-electron chi connectivity index (χ2n) is 3.48. The Morgan fingerprint density at radius 1 is 1.44 bits per heavy atom. The molecule has 6 nitrogen and oxygen atoms in total. The lowest BCUT2D eigenvalue weighted by molar-refractivity contribution is 0.403. The highest BCUT2D eigenvalue weighted by Gasteiger charge is 2.15. The van der Waals surface area contributed by atoms with Crippen LogP contribution in [0.2, 0.25) is 0 Å². The maximum absolute atomic E-state index is 10.8. The summed E-state index contributed by atoms with van der Waals surface area (Å²) in [5.41, 5.74) is 0.0694. The lowest BCUT2D eigenvalue weighted by atomic mass is 9.88. The Morgan fingerprint density at radius 3 is 2.62 bits per heavy atom. The Labute approximate surface area is 94.3 Å². The highest BCUT2D eigenvalue weighted by atomic mass is 32.2. The van der Waals surface area contributed by atoms with Crippen LogP contribution in [0.4, 0.5) is 0 Å². The summed E-state index contributed by atoms with van der Waals surface area (Å²) in [5.74, 6) is 0.583. The predicted octanol–water partition coefficient (Wildman–Crippen LogP) is -1.91. The molecule has 3 N–H and O–H groups in total. The molecule has 0 amide bonds. The molecule has 1 heterocycles. The maximum Gasteiger partial charge on any atom is 0.526 e. The molecule has 0 saturated heterocycles.